The van der Waals surface area contributed by atoms with Crippen molar-refractivity contribution in [3.63, 3.8) is 0 Å². The van der Waals surface area contributed by atoms with Crippen LogP contribution in [-0.2, 0) is 6.42 Å². The summed E-state index contributed by atoms with van der Waals surface area (Å²) in [6.45, 7) is 0.768. The number of anilines is 2. The third-order valence-electron chi connectivity index (χ3n) is 2.78. The summed E-state index contributed by atoms with van der Waals surface area (Å²) >= 11 is 1.61. The molecular formula is C13H13N5S. The van der Waals surface area contributed by atoms with E-state index in [2.05, 4.69) is 20.3 Å². The van der Waals surface area contributed by atoms with Crippen molar-refractivity contribution in [3.05, 3.63) is 40.8 Å². The average molecular weight is 271 g/mol. The molecule has 19 heavy (non-hydrogen) atoms. The lowest BCUT2D eigenvalue weighted by Crippen LogP contribution is -2.08. The van der Waals surface area contributed by atoms with Crippen molar-refractivity contribution in [1.82, 2.24) is 15.0 Å². The Balaban J connectivity index is 1.80. The summed E-state index contributed by atoms with van der Waals surface area (Å²) in [7, 11) is 0. The molecule has 0 saturated carbocycles. The highest BCUT2D eigenvalue weighted by atomic mass is 32.1. The average Bonchev–Trinajstić information content (AvgIpc) is 2.91. The number of fused-ring (bicyclic) bond motifs is 1. The van der Waals surface area contributed by atoms with Gasteiger partial charge in [0, 0.05) is 23.7 Å². The highest BCUT2D eigenvalue weighted by molar-refractivity contribution is 7.07. The van der Waals surface area contributed by atoms with E-state index in [1.165, 1.54) is 0 Å². The van der Waals surface area contributed by atoms with Crippen molar-refractivity contribution >= 4 is 34.0 Å². The van der Waals surface area contributed by atoms with E-state index in [-0.39, 0.29) is 5.95 Å². The molecule has 1 aromatic carbocycles. The second-order valence-corrected chi connectivity index (χ2v) is 4.82. The van der Waals surface area contributed by atoms with E-state index >= 15 is 0 Å². The summed E-state index contributed by atoms with van der Waals surface area (Å²) in [5.74, 6) is 1.06. The van der Waals surface area contributed by atoms with Gasteiger partial charge in [-0.05, 0) is 12.1 Å². The topological polar surface area (TPSA) is 76.7 Å². The van der Waals surface area contributed by atoms with Gasteiger partial charge in [-0.2, -0.15) is 4.98 Å². The monoisotopic (exact) mass is 271 g/mol. The Bertz CT molecular complexity index is 681. The van der Waals surface area contributed by atoms with E-state index in [1.54, 1.807) is 11.3 Å². The molecule has 3 N–H and O–H groups in total. The molecule has 3 rings (SSSR count). The smallest absolute Gasteiger partial charge is 0.222 e. The number of hydrogen-bond donors (Lipinski definition) is 2. The zero-order valence-corrected chi connectivity index (χ0v) is 11.0. The predicted molar refractivity (Wildman–Crippen MR) is 78.3 cm³/mol. The number of thiazole rings is 1. The summed E-state index contributed by atoms with van der Waals surface area (Å²) in [5.41, 5.74) is 9.50. The number of nitrogens with one attached hydrogen (secondary N) is 1. The number of aromatic nitrogens is 3. The first-order valence-electron chi connectivity index (χ1n) is 5.96. The summed E-state index contributed by atoms with van der Waals surface area (Å²) in [6, 6.07) is 7.82. The van der Waals surface area contributed by atoms with Crippen LogP contribution in [0.15, 0.2) is 35.2 Å². The van der Waals surface area contributed by atoms with E-state index in [4.69, 9.17) is 5.73 Å². The van der Waals surface area contributed by atoms with Crippen LogP contribution >= 0.6 is 11.3 Å². The molecule has 0 aliphatic carbocycles. The first-order chi connectivity index (χ1) is 9.33. The van der Waals surface area contributed by atoms with Crippen molar-refractivity contribution in [1.29, 1.82) is 0 Å². The van der Waals surface area contributed by atoms with Crippen LogP contribution in [0, 0.1) is 0 Å². The molecule has 0 amide bonds. The Morgan fingerprint density at radius 1 is 1.21 bits per heavy atom. The standard InChI is InChI=1S/C13H13N5S/c14-13-17-11-4-2-1-3-10(11)12(18-13)15-6-5-9-7-19-8-16-9/h1-4,7-8H,5-6H2,(H3,14,15,17,18). The summed E-state index contributed by atoms with van der Waals surface area (Å²) in [5, 5.41) is 6.33. The van der Waals surface area contributed by atoms with Crippen LogP contribution < -0.4 is 11.1 Å². The maximum absolute atomic E-state index is 5.72. The van der Waals surface area contributed by atoms with Gasteiger partial charge < -0.3 is 11.1 Å². The van der Waals surface area contributed by atoms with Gasteiger partial charge in [0.25, 0.3) is 0 Å². The molecule has 0 fully saturated rings. The van der Waals surface area contributed by atoms with Crippen LogP contribution in [0.4, 0.5) is 11.8 Å². The molecule has 0 spiro atoms. The van der Waals surface area contributed by atoms with E-state index in [0.717, 1.165) is 35.4 Å². The van der Waals surface area contributed by atoms with Gasteiger partial charge in [0.15, 0.2) is 0 Å². The van der Waals surface area contributed by atoms with E-state index in [1.807, 2.05) is 35.2 Å². The molecule has 0 saturated heterocycles. The first-order valence-corrected chi connectivity index (χ1v) is 6.90. The Morgan fingerprint density at radius 3 is 2.95 bits per heavy atom. The zero-order chi connectivity index (χ0) is 13.1. The number of hydrogen-bond acceptors (Lipinski definition) is 6. The maximum Gasteiger partial charge on any atom is 0.222 e. The van der Waals surface area contributed by atoms with E-state index < -0.39 is 0 Å². The highest BCUT2D eigenvalue weighted by Crippen LogP contribution is 2.20. The molecule has 96 valence electrons. The Morgan fingerprint density at radius 2 is 2.11 bits per heavy atom. The number of nitrogen functional groups attached to an aromatic ring is 1. The number of nitrogens with zero attached hydrogens (tertiary/aromatic N) is 3. The lowest BCUT2D eigenvalue weighted by molar-refractivity contribution is 0.969. The fourth-order valence-electron chi connectivity index (χ4n) is 1.90. The molecule has 0 aliphatic heterocycles. The molecule has 0 aliphatic rings. The molecule has 0 bridgehead atoms. The van der Waals surface area contributed by atoms with E-state index in [9.17, 15) is 0 Å². The normalized spacial score (nSPS) is 10.7. The second-order valence-electron chi connectivity index (χ2n) is 4.10. The lowest BCUT2D eigenvalue weighted by atomic mass is 10.2. The van der Waals surface area contributed by atoms with Crippen LogP contribution in [0.5, 0.6) is 0 Å². The van der Waals surface area contributed by atoms with Crippen molar-refractivity contribution in [2.24, 2.45) is 0 Å². The highest BCUT2D eigenvalue weighted by Gasteiger charge is 2.05. The van der Waals surface area contributed by atoms with Crippen LogP contribution in [0.25, 0.3) is 10.9 Å². The summed E-state index contributed by atoms with van der Waals surface area (Å²) in [4.78, 5) is 12.7. The van der Waals surface area contributed by atoms with Gasteiger partial charge in [0.1, 0.15) is 5.82 Å². The Kier molecular flexibility index (Phi) is 3.24. The molecule has 0 unspecified atom stereocenters. The molecule has 3 aromatic rings. The third kappa shape index (κ3) is 2.63. The van der Waals surface area contributed by atoms with Gasteiger partial charge in [-0.25, -0.2) is 9.97 Å². The minimum atomic E-state index is 0.287. The van der Waals surface area contributed by atoms with Crippen molar-refractivity contribution in [2.75, 3.05) is 17.6 Å². The first kappa shape index (κ1) is 11.9. The number of para-hydroxylation sites is 1. The predicted octanol–water partition coefficient (Wildman–Crippen LogP) is 2.32. The number of benzene rings is 1. The molecule has 2 aromatic heterocycles. The lowest BCUT2D eigenvalue weighted by Gasteiger charge is -2.08. The Hall–Kier alpha value is -2.21. The van der Waals surface area contributed by atoms with Gasteiger partial charge in [-0.15, -0.1) is 11.3 Å². The quantitative estimate of drug-likeness (QED) is 0.761. The van der Waals surface area contributed by atoms with Crippen LogP contribution in [0.1, 0.15) is 5.69 Å². The molecule has 0 atom stereocenters. The number of nitrogens with two attached hydrogens (primary N) is 1. The minimum Gasteiger partial charge on any atom is -0.369 e. The fraction of sp³-hybridized carbons (Fsp3) is 0.154. The van der Waals surface area contributed by atoms with Gasteiger partial charge in [-0.3, -0.25) is 0 Å². The van der Waals surface area contributed by atoms with Gasteiger partial charge in [0.05, 0.1) is 16.7 Å². The van der Waals surface area contributed by atoms with Crippen molar-refractivity contribution in [2.45, 2.75) is 6.42 Å². The van der Waals surface area contributed by atoms with Gasteiger partial charge >= 0.3 is 0 Å². The van der Waals surface area contributed by atoms with Gasteiger partial charge in [-0.1, -0.05) is 12.1 Å². The van der Waals surface area contributed by atoms with Crippen LogP contribution in [0.3, 0.4) is 0 Å². The van der Waals surface area contributed by atoms with E-state index in [0.29, 0.717) is 0 Å². The zero-order valence-electron chi connectivity index (χ0n) is 10.2. The molecule has 0 radical (unpaired) electrons. The second kappa shape index (κ2) is 5.19. The molecule has 5 nitrogen and oxygen atoms in total. The molecular weight excluding hydrogens is 258 g/mol. The summed E-state index contributed by atoms with van der Waals surface area (Å²) in [6.07, 6.45) is 0.863. The van der Waals surface area contributed by atoms with Crippen LogP contribution in [-0.4, -0.2) is 21.5 Å². The molecule has 6 heteroatoms. The molecule has 2 heterocycles. The van der Waals surface area contributed by atoms with Crippen molar-refractivity contribution in [3.8, 4) is 0 Å². The number of rotatable bonds is 4. The largest absolute Gasteiger partial charge is 0.369 e. The minimum absolute atomic E-state index is 0.287. The fourth-order valence-corrected chi connectivity index (χ4v) is 2.49. The SMILES string of the molecule is Nc1nc(NCCc2cscn2)c2ccccc2n1. The van der Waals surface area contributed by atoms with Crippen LogP contribution in [0.2, 0.25) is 0 Å². The van der Waals surface area contributed by atoms with Gasteiger partial charge in [0.2, 0.25) is 5.95 Å². The maximum atomic E-state index is 5.72. The summed E-state index contributed by atoms with van der Waals surface area (Å²) < 4.78 is 0. The Labute approximate surface area is 114 Å². The third-order valence-corrected chi connectivity index (χ3v) is 3.41. The van der Waals surface area contributed by atoms with Crippen molar-refractivity contribution < 1.29 is 0 Å².